The molecule has 1 N–H and O–H groups in total. The van der Waals surface area contributed by atoms with Gasteiger partial charge in [-0.3, -0.25) is 15.0 Å². The summed E-state index contributed by atoms with van der Waals surface area (Å²) in [6.45, 7) is 1.19. The zero-order chi connectivity index (χ0) is 17.1. The van der Waals surface area contributed by atoms with Crippen LogP contribution in [0, 0.1) is 15.9 Å². The molecule has 1 saturated heterocycles. The lowest BCUT2D eigenvalue weighted by molar-refractivity contribution is -0.385. The quantitative estimate of drug-likeness (QED) is 0.647. The number of furan rings is 1. The second-order valence-electron chi connectivity index (χ2n) is 6.07. The van der Waals surface area contributed by atoms with E-state index in [4.69, 9.17) is 4.42 Å². The molecule has 1 aromatic carbocycles. The lowest BCUT2D eigenvalue weighted by atomic mass is 10.0. The monoisotopic (exact) mass is 334 g/mol. The van der Waals surface area contributed by atoms with Crippen molar-refractivity contribution in [3.63, 3.8) is 0 Å². The minimum Gasteiger partial charge on any atom is -0.467 e. The predicted molar refractivity (Wildman–Crippen MR) is 84.8 cm³/mol. The summed E-state index contributed by atoms with van der Waals surface area (Å²) in [6, 6.07) is 7.34. The molecule has 6 nitrogen and oxygen atoms in total. The molecule has 128 valence electrons. The minimum atomic E-state index is -0.688. The molecule has 1 fully saturated rings. The van der Waals surface area contributed by atoms with Crippen molar-refractivity contribution in [2.75, 3.05) is 6.54 Å². The highest BCUT2D eigenvalue weighted by Crippen LogP contribution is 2.29. The van der Waals surface area contributed by atoms with Crippen LogP contribution in [0.15, 0.2) is 41.0 Å². The third-order valence-corrected chi connectivity index (χ3v) is 4.49. The van der Waals surface area contributed by atoms with Crippen molar-refractivity contribution in [2.45, 2.75) is 38.0 Å². The summed E-state index contributed by atoms with van der Waals surface area (Å²) in [5.74, 6) is -0.0372. The van der Waals surface area contributed by atoms with E-state index in [0.29, 0.717) is 24.3 Å². The van der Waals surface area contributed by atoms with E-state index >= 15 is 0 Å². The van der Waals surface area contributed by atoms with E-state index in [1.807, 2.05) is 0 Å². The van der Waals surface area contributed by atoms with Gasteiger partial charge in [-0.25, -0.2) is 4.39 Å². The summed E-state index contributed by atoms with van der Waals surface area (Å²) in [7, 11) is 0. The number of aliphatic hydroxyl groups is 1. The number of nitro groups is 1. The van der Waals surface area contributed by atoms with Gasteiger partial charge >= 0.3 is 0 Å². The Morgan fingerprint density at radius 2 is 2.29 bits per heavy atom. The molecule has 2 unspecified atom stereocenters. The molecule has 24 heavy (non-hydrogen) atoms. The van der Waals surface area contributed by atoms with Crippen molar-refractivity contribution in [3.8, 4) is 0 Å². The van der Waals surface area contributed by atoms with Crippen molar-refractivity contribution in [3.05, 3.63) is 63.9 Å². The fraction of sp³-hybridized carbons (Fsp3) is 0.412. The number of likely N-dealkylation sites (tertiary alicyclic amines) is 1. The molecular weight excluding hydrogens is 315 g/mol. The van der Waals surface area contributed by atoms with Crippen LogP contribution in [0.25, 0.3) is 0 Å². The van der Waals surface area contributed by atoms with Gasteiger partial charge in [-0.1, -0.05) is 0 Å². The van der Waals surface area contributed by atoms with E-state index < -0.39 is 16.8 Å². The van der Waals surface area contributed by atoms with Gasteiger partial charge in [-0.05, 0) is 44.0 Å². The van der Waals surface area contributed by atoms with Crippen molar-refractivity contribution in [2.24, 2.45) is 0 Å². The molecule has 2 heterocycles. The lowest BCUT2D eigenvalue weighted by Gasteiger charge is -2.26. The van der Waals surface area contributed by atoms with Gasteiger partial charge in [0.05, 0.1) is 17.3 Å². The van der Waals surface area contributed by atoms with E-state index in [2.05, 4.69) is 4.90 Å². The Morgan fingerprint density at radius 1 is 1.46 bits per heavy atom. The van der Waals surface area contributed by atoms with Gasteiger partial charge in [-0.15, -0.1) is 0 Å². The second-order valence-corrected chi connectivity index (χ2v) is 6.07. The van der Waals surface area contributed by atoms with E-state index in [9.17, 15) is 19.6 Å². The third-order valence-electron chi connectivity index (χ3n) is 4.49. The third kappa shape index (κ3) is 3.63. The largest absolute Gasteiger partial charge is 0.467 e. The average Bonchev–Trinajstić information content (AvgIpc) is 3.21. The number of benzene rings is 1. The molecule has 7 heteroatoms. The van der Waals surface area contributed by atoms with Crippen molar-refractivity contribution >= 4 is 5.69 Å². The topological polar surface area (TPSA) is 79.8 Å². The maximum atomic E-state index is 14.1. The number of nitro benzene ring substituents is 1. The molecule has 2 atom stereocenters. The van der Waals surface area contributed by atoms with E-state index in [0.717, 1.165) is 25.5 Å². The molecule has 3 rings (SSSR count). The first kappa shape index (κ1) is 16.6. The van der Waals surface area contributed by atoms with Gasteiger partial charge in [0.15, 0.2) is 0 Å². The van der Waals surface area contributed by atoms with Gasteiger partial charge in [0, 0.05) is 24.2 Å². The van der Waals surface area contributed by atoms with Gasteiger partial charge in [0.1, 0.15) is 17.7 Å². The highest BCUT2D eigenvalue weighted by molar-refractivity contribution is 5.34. The first-order valence-corrected chi connectivity index (χ1v) is 7.93. The van der Waals surface area contributed by atoms with Gasteiger partial charge < -0.3 is 9.52 Å². The normalized spacial score (nSPS) is 19.5. The Balaban J connectivity index is 1.66. The molecule has 2 aromatic rings. The SMILES string of the molecule is O=[N+]([O-])c1ccc(CN2CCCC2CC(O)c2ccco2)c(F)c1. The standard InChI is InChI=1S/C17H19FN2O4/c18-15-9-14(20(22)23)6-5-12(15)11-19-7-1-3-13(19)10-16(21)17-4-2-8-24-17/h2,4-6,8-9,13,16,21H,1,3,7,10-11H2. The molecule has 0 spiro atoms. The van der Waals surface area contributed by atoms with E-state index in [1.54, 1.807) is 12.1 Å². The first-order valence-electron chi connectivity index (χ1n) is 7.93. The smallest absolute Gasteiger partial charge is 0.272 e. The second kappa shape index (κ2) is 7.11. The van der Waals surface area contributed by atoms with Crippen molar-refractivity contribution in [1.82, 2.24) is 4.90 Å². The molecule has 1 aliphatic heterocycles. The molecule has 0 amide bonds. The van der Waals surface area contributed by atoms with E-state index in [1.165, 1.54) is 18.4 Å². The number of non-ortho nitro benzene ring substituents is 1. The molecule has 0 saturated carbocycles. The Hall–Kier alpha value is -2.25. The van der Waals surface area contributed by atoms with Crippen molar-refractivity contribution < 1.29 is 18.8 Å². The summed E-state index contributed by atoms with van der Waals surface area (Å²) in [5.41, 5.74) is 0.183. The number of hydrogen-bond donors (Lipinski definition) is 1. The number of halogens is 1. The molecule has 1 aliphatic rings. The fourth-order valence-electron chi connectivity index (χ4n) is 3.22. The number of nitrogens with zero attached hydrogens (tertiary/aromatic N) is 2. The van der Waals surface area contributed by atoms with Crippen LogP contribution >= 0.6 is 0 Å². The Kier molecular flexibility index (Phi) is 4.92. The van der Waals surface area contributed by atoms with Crippen LogP contribution in [-0.2, 0) is 6.54 Å². The van der Waals surface area contributed by atoms with Crippen molar-refractivity contribution in [1.29, 1.82) is 0 Å². The van der Waals surface area contributed by atoms with Crippen LogP contribution in [0.4, 0.5) is 10.1 Å². The highest BCUT2D eigenvalue weighted by Gasteiger charge is 2.28. The number of hydrogen-bond acceptors (Lipinski definition) is 5. The Morgan fingerprint density at radius 3 is 2.96 bits per heavy atom. The summed E-state index contributed by atoms with van der Waals surface area (Å²) in [5, 5.41) is 20.9. The van der Waals surface area contributed by atoms with Crippen LogP contribution in [0.1, 0.15) is 36.7 Å². The van der Waals surface area contributed by atoms with Gasteiger partial charge in [0.25, 0.3) is 5.69 Å². The van der Waals surface area contributed by atoms with E-state index in [-0.39, 0.29) is 11.7 Å². The van der Waals surface area contributed by atoms with Crippen LogP contribution in [0.2, 0.25) is 0 Å². The summed E-state index contributed by atoms with van der Waals surface area (Å²) >= 11 is 0. The zero-order valence-electron chi connectivity index (χ0n) is 13.1. The Bertz CT molecular complexity index is 705. The van der Waals surface area contributed by atoms with Crippen LogP contribution < -0.4 is 0 Å². The maximum absolute atomic E-state index is 14.1. The van der Waals surface area contributed by atoms with Gasteiger partial charge in [0.2, 0.25) is 0 Å². The Labute approximate surface area is 138 Å². The van der Waals surface area contributed by atoms with Crippen LogP contribution in [0.3, 0.4) is 0 Å². The highest BCUT2D eigenvalue weighted by atomic mass is 19.1. The number of aliphatic hydroxyl groups excluding tert-OH is 1. The number of rotatable bonds is 6. The molecular formula is C17H19FN2O4. The van der Waals surface area contributed by atoms with Gasteiger partial charge in [-0.2, -0.15) is 0 Å². The van der Waals surface area contributed by atoms with Crippen LogP contribution in [0.5, 0.6) is 0 Å². The fourth-order valence-corrected chi connectivity index (χ4v) is 3.22. The molecule has 0 radical (unpaired) electrons. The average molecular weight is 334 g/mol. The predicted octanol–water partition coefficient (Wildman–Crippen LogP) is 3.42. The minimum absolute atomic E-state index is 0.125. The molecule has 0 aliphatic carbocycles. The zero-order valence-corrected chi connectivity index (χ0v) is 13.1. The summed E-state index contributed by atoms with van der Waals surface area (Å²) in [4.78, 5) is 12.2. The maximum Gasteiger partial charge on any atom is 0.272 e. The first-order chi connectivity index (χ1) is 11.5. The summed E-state index contributed by atoms with van der Waals surface area (Å²) < 4.78 is 19.3. The summed E-state index contributed by atoms with van der Waals surface area (Å²) in [6.07, 6.45) is 3.25. The van der Waals surface area contributed by atoms with Crippen LogP contribution in [-0.4, -0.2) is 27.5 Å². The lowest BCUT2D eigenvalue weighted by Crippen LogP contribution is -2.30. The molecule has 0 bridgehead atoms. The molecule has 1 aromatic heterocycles.